The Kier molecular flexibility index (Phi) is 4.98. The van der Waals surface area contributed by atoms with E-state index in [9.17, 15) is 9.59 Å². The van der Waals surface area contributed by atoms with E-state index in [4.69, 9.17) is 4.74 Å². The van der Waals surface area contributed by atoms with Crippen molar-refractivity contribution in [2.45, 2.75) is 31.7 Å². The van der Waals surface area contributed by atoms with Crippen molar-refractivity contribution in [3.63, 3.8) is 0 Å². The summed E-state index contributed by atoms with van der Waals surface area (Å²) in [4.78, 5) is 31.0. The molecule has 1 saturated heterocycles. The van der Waals surface area contributed by atoms with Crippen LogP contribution in [0, 0.1) is 0 Å². The smallest absolute Gasteiger partial charge is 0.249 e. The van der Waals surface area contributed by atoms with Gasteiger partial charge in [-0.3, -0.25) is 14.9 Å². The van der Waals surface area contributed by atoms with E-state index in [1.54, 1.807) is 19.2 Å². The Morgan fingerprint density at radius 3 is 2.79 bits per heavy atom. The van der Waals surface area contributed by atoms with Gasteiger partial charge < -0.3 is 15.0 Å². The van der Waals surface area contributed by atoms with Gasteiger partial charge in [-0.05, 0) is 31.4 Å². The SMILES string of the molecule is COc1ccccc1NC(=O)[C@@H]1CC(=O)NC(N2CCCCC2)=N1. The summed E-state index contributed by atoms with van der Waals surface area (Å²) in [7, 11) is 1.55. The molecule has 2 amide bonds. The summed E-state index contributed by atoms with van der Waals surface area (Å²) in [6.07, 6.45) is 3.40. The first-order chi connectivity index (χ1) is 11.7. The summed E-state index contributed by atoms with van der Waals surface area (Å²) in [6, 6.07) is 6.45. The van der Waals surface area contributed by atoms with Gasteiger partial charge in [-0.1, -0.05) is 12.1 Å². The first-order valence-electron chi connectivity index (χ1n) is 8.24. The second kappa shape index (κ2) is 7.33. The second-order valence-electron chi connectivity index (χ2n) is 5.96. The molecule has 0 radical (unpaired) electrons. The van der Waals surface area contributed by atoms with Crippen LogP contribution in [0.3, 0.4) is 0 Å². The monoisotopic (exact) mass is 330 g/mol. The summed E-state index contributed by atoms with van der Waals surface area (Å²) in [5.74, 6) is 0.618. The van der Waals surface area contributed by atoms with Crippen molar-refractivity contribution in [2.75, 3.05) is 25.5 Å². The van der Waals surface area contributed by atoms with Gasteiger partial charge in [0.05, 0.1) is 19.2 Å². The number of carbonyl (C=O) groups is 2. The Balaban J connectivity index is 1.74. The zero-order valence-electron chi connectivity index (χ0n) is 13.7. The third-order valence-electron chi connectivity index (χ3n) is 4.23. The molecule has 3 rings (SSSR count). The minimum absolute atomic E-state index is 0.0539. The molecule has 0 saturated carbocycles. The average molecular weight is 330 g/mol. The fourth-order valence-corrected chi connectivity index (χ4v) is 2.96. The molecule has 1 aromatic carbocycles. The van der Waals surface area contributed by atoms with Gasteiger partial charge in [-0.15, -0.1) is 0 Å². The number of hydrogen-bond donors (Lipinski definition) is 2. The molecule has 2 heterocycles. The molecule has 7 heteroatoms. The van der Waals surface area contributed by atoms with Gasteiger partial charge in [0.15, 0.2) is 0 Å². The van der Waals surface area contributed by atoms with Gasteiger partial charge in [0, 0.05) is 13.1 Å². The van der Waals surface area contributed by atoms with Crippen LogP contribution in [0.4, 0.5) is 5.69 Å². The first-order valence-corrected chi connectivity index (χ1v) is 8.24. The number of para-hydroxylation sites is 2. The number of methoxy groups -OCH3 is 1. The summed E-state index contributed by atoms with van der Waals surface area (Å²) >= 11 is 0. The van der Waals surface area contributed by atoms with E-state index in [1.807, 2.05) is 17.0 Å². The van der Waals surface area contributed by atoms with E-state index in [0.717, 1.165) is 25.9 Å². The zero-order valence-corrected chi connectivity index (χ0v) is 13.7. The molecular formula is C17H22N4O3. The molecule has 0 bridgehead atoms. The predicted octanol–water partition coefficient (Wildman–Crippen LogP) is 1.36. The number of rotatable bonds is 3. The van der Waals surface area contributed by atoms with Crippen LogP contribution in [0.1, 0.15) is 25.7 Å². The lowest BCUT2D eigenvalue weighted by atomic mass is 10.1. The van der Waals surface area contributed by atoms with Crippen LogP contribution < -0.4 is 15.4 Å². The Labute approximate surface area is 141 Å². The molecule has 7 nitrogen and oxygen atoms in total. The number of aliphatic imine (C=N–C) groups is 1. The first kappa shape index (κ1) is 16.3. The highest BCUT2D eigenvalue weighted by molar-refractivity contribution is 6.06. The lowest BCUT2D eigenvalue weighted by Gasteiger charge is -2.32. The van der Waals surface area contributed by atoms with Gasteiger partial charge >= 0.3 is 0 Å². The number of piperidine rings is 1. The van der Waals surface area contributed by atoms with E-state index in [2.05, 4.69) is 15.6 Å². The molecule has 128 valence electrons. The van der Waals surface area contributed by atoms with Crippen LogP contribution in [0.25, 0.3) is 0 Å². The van der Waals surface area contributed by atoms with E-state index in [-0.39, 0.29) is 18.2 Å². The van der Waals surface area contributed by atoms with Crippen molar-refractivity contribution in [1.29, 1.82) is 0 Å². The molecule has 1 fully saturated rings. The molecule has 0 unspecified atom stereocenters. The fourth-order valence-electron chi connectivity index (χ4n) is 2.96. The zero-order chi connectivity index (χ0) is 16.9. The van der Waals surface area contributed by atoms with E-state index in [0.29, 0.717) is 17.4 Å². The number of hydrogen-bond acceptors (Lipinski definition) is 5. The Morgan fingerprint density at radius 1 is 1.29 bits per heavy atom. The lowest BCUT2D eigenvalue weighted by molar-refractivity contribution is -0.125. The van der Waals surface area contributed by atoms with Gasteiger partial charge in [0.25, 0.3) is 0 Å². The summed E-state index contributed by atoms with van der Waals surface area (Å²) in [5.41, 5.74) is 0.575. The second-order valence-corrected chi connectivity index (χ2v) is 5.96. The Bertz CT molecular complexity index is 653. The number of nitrogens with zero attached hydrogens (tertiary/aromatic N) is 2. The minimum Gasteiger partial charge on any atom is -0.495 e. The number of carbonyl (C=O) groups excluding carboxylic acids is 2. The summed E-state index contributed by atoms with van der Waals surface area (Å²) in [6.45, 7) is 1.72. The molecule has 0 aromatic heterocycles. The molecular weight excluding hydrogens is 308 g/mol. The highest BCUT2D eigenvalue weighted by Crippen LogP contribution is 2.24. The number of nitrogens with one attached hydrogen (secondary N) is 2. The van der Waals surface area contributed by atoms with Crippen LogP contribution in [0.2, 0.25) is 0 Å². The summed E-state index contributed by atoms with van der Waals surface area (Å²) < 4.78 is 5.23. The molecule has 1 atom stereocenters. The number of ether oxygens (including phenoxy) is 1. The molecule has 2 aliphatic rings. The van der Waals surface area contributed by atoms with Crippen molar-refractivity contribution in [3.05, 3.63) is 24.3 Å². The minimum atomic E-state index is -0.722. The summed E-state index contributed by atoms with van der Waals surface area (Å²) in [5, 5.41) is 5.60. The predicted molar refractivity (Wildman–Crippen MR) is 91.0 cm³/mol. The Morgan fingerprint density at radius 2 is 2.04 bits per heavy atom. The number of anilines is 1. The maximum atomic E-state index is 12.5. The number of benzene rings is 1. The molecule has 0 aliphatic carbocycles. The van der Waals surface area contributed by atoms with E-state index < -0.39 is 6.04 Å². The van der Waals surface area contributed by atoms with Crippen LogP contribution in [0.15, 0.2) is 29.3 Å². The third-order valence-corrected chi connectivity index (χ3v) is 4.23. The van der Waals surface area contributed by atoms with Gasteiger partial charge in [-0.25, -0.2) is 4.99 Å². The standard InChI is InChI=1S/C17H22N4O3/c1-24-14-8-4-3-7-12(14)18-16(23)13-11-15(22)20-17(19-13)21-9-5-2-6-10-21/h3-4,7-8,13H,2,5-6,9-11H2,1H3,(H,18,23)(H,19,20,22)/t13-/m0/s1. The van der Waals surface area contributed by atoms with Gasteiger partial charge in [-0.2, -0.15) is 0 Å². The van der Waals surface area contributed by atoms with Crippen molar-refractivity contribution < 1.29 is 14.3 Å². The topological polar surface area (TPSA) is 83.0 Å². The van der Waals surface area contributed by atoms with Crippen LogP contribution in [-0.4, -0.2) is 48.9 Å². The van der Waals surface area contributed by atoms with Crippen molar-refractivity contribution >= 4 is 23.5 Å². The number of likely N-dealkylation sites (tertiary alicyclic amines) is 1. The molecule has 1 aromatic rings. The van der Waals surface area contributed by atoms with Gasteiger partial charge in [0.2, 0.25) is 17.8 Å². The largest absolute Gasteiger partial charge is 0.495 e. The van der Waals surface area contributed by atoms with Crippen LogP contribution in [-0.2, 0) is 9.59 Å². The highest BCUT2D eigenvalue weighted by atomic mass is 16.5. The van der Waals surface area contributed by atoms with E-state index >= 15 is 0 Å². The van der Waals surface area contributed by atoms with Crippen LogP contribution >= 0.6 is 0 Å². The van der Waals surface area contributed by atoms with E-state index in [1.165, 1.54) is 6.42 Å². The normalized spacial score (nSPS) is 20.9. The maximum absolute atomic E-state index is 12.5. The molecule has 0 spiro atoms. The molecule has 24 heavy (non-hydrogen) atoms. The van der Waals surface area contributed by atoms with Crippen LogP contribution in [0.5, 0.6) is 5.75 Å². The lowest BCUT2D eigenvalue weighted by Crippen LogP contribution is -2.51. The molecule has 2 aliphatic heterocycles. The highest BCUT2D eigenvalue weighted by Gasteiger charge is 2.30. The quantitative estimate of drug-likeness (QED) is 0.877. The number of guanidine groups is 1. The Hall–Kier alpha value is -2.57. The van der Waals surface area contributed by atoms with Crippen molar-refractivity contribution in [1.82, 2.24) is 10.2 Å². The maximum Gasteiger partial charge on any atom is 0.249 e. The third kappa shape index (κ3) is 3.67. The van der Waals surface area contributed by atoms with Gasteiger partial charge in [0.1, 0.15) is 11.8 Å². The average Bonchev–Trinajstić information content (AvgIpc) is 2.62. The fraction of sp³-hybridized carbons (Fsp3) is 0.471. The number of amides is 2. The van der Waals surface area contributed by atoms with Crippen molar-refractivity contribution in [3.8, 4) is 5.75 Å². The molecule has 2 N–H and O–H groups in total. The van der Waals surface area contributed by atoms with Crippen molar-refractivity contribution in [2.24, 2.45) is 4.99 Å².